The number of aryl methyl sites for hydroxylation is 1. The lowest BCUT2D eigenvalue weighted by molar-refractivity contribution is -0.140. The SMILES string of the molecule is CCOc1ccc(/C(O)=C2\C(=O)C(=O)N(CCN(CC)CC)C2c2ccc(C)cc2)cc1Cl. The van der Waals surface area contributed by atoms with Gasteiger partial charge in [-0.15, -0.1) is 0 Å². The first-order chi connectivity index (χ1) is 15.8. The van der Waals surface area contributed by atoms with Crippen LogP contribution in [-0.2, 0) is 9.59 Å². The predicted octanol–water partition coefficient (Wildman–Crippen LogP) is 4.81. The minimum absolute atomic E-state index is 0.0728. The normalized spacial score (nSPS) is 17.8. The van der Waals surface area contributed by atoms with Gasteiger partial charge in [0.25, 0.3) is 11.7 Å². The van der Waals surface area contributed by atoms with Crippen LogP contribution >= 0.6 is 11.6 Å². The number of likely N-dealkylation sites (N-methyl/N-ethyl adjacent to an activating group) is 1. The lowest BCUT2D eigenvalue weighted by atomic mass is 9.94. The molecule has 1 fully saturated rings. The molecule has 1 heterocycles. The van der Waals surface area contributed by atoms with Crippen LogP contribution in [0.15, 0.2) is 48.0 Å². The van der Waals surface area contributed by atoms with Gasteiger partial charge in [0.15, 0.2) is 0 Å². The van der Waals surface area contributed by atoms with Crippen LogP contribution in [0, 0.1) is 6.92 Å². The van der Waals surface area contributed by atoms with Crippen LogP contribution in [-0.4, -0.2) is 59.4 Å². The minimum Gasteiger partial charge on any atom is -0.507 e. The average Bonchev–Trinajstić information content (AvgIpc) is 3.06. The summed E-state index contributed by atoms with van der Waals surface area (Å²) in [4.78, 5) is 30.0. The second-order valence-electron chi connectivity index (χ2n) is 8.01. The van der Waals surface area contributed by atoms with Gasteiger partial charge in [0.2, 0.25) is 0 Å². The monoisotopic (exact) mass is 470 g/mol. The van der Waals surface area contributed by atoms with Gasteiger partial charge in [0, 0.05) is 18.7 Å². The smallest absolute Gasteiger partial charge is 0.295 e. The third-order valence-electron chi connectivity index (χ3n) is 5.99. The largest absolute Gasteiger partial charge is 0.507 e. The van der Waals surface area contributed by atoms with Crippen LogP contribution in [0.3, 0.4) is 0 Å². The van der Waals surface area contributed by atoms with Gasteiger partial charge in [0.05, 0.1) is 23.2 Å². The third kappa shape index (κ3) is 5.23. The quantitative estimate of drug-likeness (QED) is 0.323. The van der Waals surface area contributed by atoms with Gasteiger partial charge in [-0.1, -0.05) is 55.3 Å². The zero-order valence-corrected chi connectivity index (χ0v) is 20.4. The number of likely N-dealkylation sites (tertiary alicyclic amines) is 1. The van der Waals surface area contributed by atoms with E-state index in [2.05, 4.69) is 18.7 Å². The summed E-state index contributed by atoms with van der Waals surface area (Å²) in [6, 6.07) is 11.8. The van der Waals surface area contributed by atoms with E-state index in [9.17, 15) is 14.7 Å². The summed E-state index contributed by atoms with van der Waals surface area (Å²) in [7, 11) is 0. The Labute approximate surface area is 200 Å². The van der Waals surface area contributed by atoms with Gasteiger partial charge in [-0.3, -0.25) is 9.59 Å². The molecule has 2 aromatic rings. The number of aliphatic hydroxyl groups excluding tert-OH is 1. The van der Waals surface area contributed by atoms with E-state index in [0.29, 0.717) is 36.0 Å². The van der Waals surface area contributed by atoms with Crippen molar-refractivity contribution in [2.24, 2.45) is 0 Å². The fraction of sp³-hybridized carbons (Fsp3) is 0.385. The number of Topliss-reactive ketones (excluding diaryl/α,β-unsaturated/α-hetero) is 1. The molecule has 0 spiro atoms. The maximum absolute atomic E-state index is 13.1. The number of hydrogen-bond acceptors (Lipinski definition) is 5. The highest BCUT2D eigenvalue weighted by molar-refractivity contribution is 6.46. The molecule has 1 aliphatic heterocycles. The van der Waals surface area contributed by atoms with Crippen molar-refractivity contribution in [2.45, 2.75) is 33.7 Å². The van der Waals surface area contributed by atoms with Crippen LogP contribution in [0.4, 0.5) is 0 Å². The van der Waals surface area contributed by atoms with E-state index in [1.54, 1.807) is 23.1 Å². The number of benzene rings is 2. The summed E-state index contributed by atoms with van der Waals surface area (Å²) in [5.41, 5.74) is 2.28. The second kappa shape index (κ2) is 10.9. The summed E-state index contributed by atoms with van der Waals surface area (Å²) >= 11 is 6.31. The zero-order valence-electron chi connectivity index (χ0n) is 19.6. The first kappa shape index (κ1) is 24.8. The van der Waals surface area contributed by atoms with Gasteiger partial charge in [-0.2, -0.15) is 0 Å². The molecule has 2 aromatic carbocycles. The van der Waals surface area contributed by atoms with Gasteiger partial charge >= 0.3 is 0 Å². The van der Waals surface area contributed by atoms with Gasteiger partial charge < -0.3 is 19.6 Å². The lowest BCUT2D eigenvalue weighted by Gasteiger charge is -2.28. The molecule has 7 heteroatoms. The first-order valence-electron chi connectivity index (χ1n) is 11.3. The molecular weight excluding hydrogens is 440 g/mol. The fourth-order valence-corrected chi connectivity index (χ4v) is 4.31. The molecule has 0 radical (unpaired) electrons. The molecule has 1 aliphatic rings. The summed E-state index contributed by atoms with van der Waals surface area (Å²) in [5.74, 6) is -1.05. The van der Waals surface area contributed by atoms with Crippen LogP contribution in [0.5, 0.6) is 5.75 Å². The molecular formula is C26H31ClN2O4. The molecule has 1 unspecified atom stereocenters. The van der Waals surface area contributed by atoms with E-state index in [4.69, 9.17) is 16.3 Å². The van der Waals surface area contributed by atoms with Crippen molar-refractivity contribution in [1.82, 2.24) is 9.80 Å². The van der Waals surface area contributed by atoms with Gasteiger partial charge in [0.1, 0.15) is 11.5 Å². The maximum Gasteiger partial charge on any atom is 0.295 e. The minimum atomic E-state index is -0.692. The number of aliphatic hydroxyl groups is 1. The van der Waals surface area contributed by atoms with E-state index in [-0.39, 0.29) is 11.3 Å². The highest BCUT2D eigenvalue weighted by Crippen LogP contribution is 2.40. The van der Waals surface area contributed by atoms with E-state index >= 15 is 0 Å². The third-order valence-corrected chi connectivity index (χ3v) is 6.29. The molecule has 176 valence electrons. The number of nitrogens with zero attached hydrogens (tertiary/aromatic N) is 2. The van der Waals surface area contributed by atoms with E-state index in [0.717, 1.165) is 24.2 Å². The summed E-state index contributed by atoms with van der Waals surface area (Å²) < 4.78 is 5.47. The van der Waals surface area contributed by atoms with Crippen molar-refractivity contribution in [3.8, 4) is 5.75 Å². The molecule has 0 saturated carbocycles. The van der Waals surface area contributed by atoms with Crippen LogP contribution < -0.4 is 4.74 Å². The van der Waals surface area contributed by atoms with E-state index < -0.39 is 17.7 Å². The number of hydrogen-bond donors (Lipinski definition) is 1. The molecule has 6 nitrogen and oxygen atoms in total. The van der Waals surface area contributed by atoms with Crippen molar-refractivity contribution in [3.05, 3.63) is 69.8 Å². The Balaban J connectivity index is 2.09. The lowest BCUT2D eigenvalue weighted by Crippen LogP contribution is -2.38. The molecule has 3 rings (SSSR count). The van der Waals surface area contributed by atoms with Crippen molar-refractivity contribution in [1.29, 1.82) is 0 Å². The molecule has 1 N–H and O–H groups in total. The van der Waals surface area contributed by atoms with Crippen molar-refractivity contribution >= 4 is 29.1 Å². The zero-order chi connectivity index (χ0) is 24.1. The number of carbonyl (C=O) groups excluding carboxylic acids is 2. The average molecular weight is 471 g/mol. The molecule has 1 amide bonds. The Bertz CT molecular complexity index is 1040. The highest BCUT2D eigenvalue weighted by atomic mass is 35.5. The molecule has 0 bridgehead atoms. The van der Waals surface area contributed by atoms with Crippen LogP contribution in [0.1, 0.15) is 43.5 Å². The summed E-state index contributed by atoms with van der Waals surface area (Å²) in [5, 5.41) is 11.5. The number of rotatable bonds is 9. The van der Waals surface area contributed by atoms with Crippen molar-refractivity contribution < 1.29 is 19.4 Å². The first-order valence-corrected chi connectivity index (χ1v) is 11.7. The molecule has 1 saturated heterocycles. The Morgan fingerprint density at radius 1 is 1.09 bits per heavy atom. The molecule has 0 aromatic heterocycles. The second-order valence-corrected chi connectivity index (χ2v) is 8.42. The highest BCUT2D eigenvalue weighted by Gasteiger charge is 2.46. The Hall–Kier alpha value is -2.83. The Morgan fingerprint density at radius 2 is 1.76 bits per heavy atom. The van der Waals surface area contributed by atoms with E-state index in [1.165, 1.54) is 0 Å². The number of halogens is 1. The molecule has 1 atom stereocenters. The van der Waals surface area contributed by atoms with Gasteiger partial charge in [-0.25, -0.2) is 0 Å². The Morgan fingerprint density at radius 3 is 2.33 bits per heavy atom. The topological polar surface area (TPSA) is 70.1 Å². The summed E-state index contributed by atoms with van der Waals surface area (Å²) in [6.07, 6.45) is 0. The van der Waals surface area contributed by atoms with Crippen LogP contribution in [0.25, 0.3) is 5.76 Å². The predicted molar refractivity (Wildman–Crippen MR) is 131 cm³/mol. The number of carbonyl (C=O) groups is 2. The number of ether oxygens (including phenoxy) is 1. The standard InChI is InChI=1S/C26H31ClN2O4/c1-5-28(6-2)14-15-29-23(18-10-8-17(4)9-11-18)22(25(31)26(29)32)24(30)19-12-13-21(33-7-3)20(27)16-19/h8-13,16,23,30H,5-7,14-15H2,1-4H3/b24-22+. The van der Waals surface area contributed by atoms with Crippen LogP contribution in [0.2, 0.25) is 5.02 Å². The molecule has 0 aliphatic carbocycles. The number of ketones is 1. The van der Waals surface area contributed by atoms with E-state index in [1.807, 2.05) is 38.1 Å². The number of amides is 1. The van der Waals surface area contributed by atoms with Crippen molar-refractivity contribution in [2.75, 3.05) is 32.8 Å². The van der Waals surface area contributed by atoms with Crippen molar-refractivity contribution in [3.63, 3.8) is 0 Å². The van der Waals surface area contributed by atoms with Gasteiger partial charge in [-0.05, 0) is 50.7 Å². The molecule has 33 heavy (non-hydrogen) atoms. The maximum atomic E-state index is 13.1. The Kier molecular flexibility index (Phi) is 8.16. The fourth-order valence-electron chi connectivity index (χ4n) is 4.07. The summed E-state index contributed by atoms with van der Waals surface area (Å²) in [6.45, 7) is 11.1.